The summed E-state index contributed by atoms with van der Waals surface area (Å²) in [6.07, 6.45) is 8.18. The highest BCUT2D eigenvalue weighted by Crippen LogP contribution is 2.15. The highest BCUT2D eigenvalue weighted by molar-refractivity contribution is 6.29. The van der Waals surface area contributed by atoms with Crippen molar-refractivity contribution in [2.45, 2.75) is 25.7 Å². The zero-order chi connectivity index (χ0) is 37.9. The number of piperazine rings is 2. The third kappa shape index (κ3) is 18.3. The molecule has 3 aromatic rings. The lowest BCUT2D eigenvalue weighted by Gasteiger charge is -2.34. The molecule has 3 aromatic heterocycles. The van der Waals surface area contributed by atoms with Crippen LogP contribution in [0.15, 0.2) is 55.0 Å². The molecule has 0 aromatic carbocycles. The molecule has 0 saturated carbocycles. The summed E-state index contributed by atoms with van der Waals surface area (Å²) in [6, 6.07) is 12.2. The Morgan fingerprint density at radius 1 is 0.623 bits per heavy atom. The van der Waals surface area contributed by atoms with Gasteiger partial charge in [-0.2, -0.15) is 5.26 Å². The summed E-state index contributed by atoms with van der Waals surface area (Å²) in [5.41, 5.74) is 1.58. The number of rotatable bonds is 16. The normalized spacial score (nSPS) is 15.0. The van der Waals surface area contributed by atoms with Gasteiger partial charge in [-0.25, -0.2) is 19.7 Å². The molecule has 2 aliphatic rings. The minimum Gasteiger partial charge on any atom is -0.478 e. The van der Waals surface area contributed by atoms with Gasteiger partial charge in [0.15, 0.2) is 0 Å². The first-order valence-corrected chi connectivity index (χ1v) is 18.4. The summed E-state index contributed by atoms with van der Waals surface area (Å²) >= 11 is 5.45. The lowest BCUT2D eigenvalue weighted by Crippen LogP contribution is -2.47. The lowest BCUT2D eigenvalue weighted by atomic mass is 10.2. The van der Waals surface area contributed by atoms with Crippen molar-refractivity contribution in [3.05, 3.63) is 88.5 Å². The third-order valence-corrected chi connectivity index (χ3v) is 8.71. The van der Waals surface area contributed by atoms with Gasteiger partial charge in [0.25, 0.3) is 0 Å². The van der Waals surface area contributed by atoms with Gasteiger partial charge in [0.05, 0.1) is 31.9 Å². The summed E-state index contributed by atoms with van der Waals surface area (Å²) < 4.78 is 11.3. The highest BCUT2D eigenvalue weighted by Gasteiger charge is 2.17. The second kappa shape index (κ2) is 26.4. The van der Waals surface area contributed by atoms with Crippen molar-refractivity contribution in [2.24, 2.45) is 0 Å². The number of nitrogens with zero attached hydrogens (tertiary/aromatic N) is 10. The molecule has 5 rings (SSSR count). The van der Waals surface area contributed by atoms with E-state index >= 15 is 0 Å². The Hall–Kier alpha value is -4.43. The molecule has 15 heteroatoms. The van der Waals surface area contributed by atoms with E-state index in [1.54, 1.807) is 36.4 Å². The molecule has 0 amide bonds. The summed E-state index contributed by atoms with van der Waals surface area (Å²) in [4.78, 5) is 28.1. The summed E-state index contributed by atoms with van der Waals surface area (Å²) in [5, 5.41) is 26.6. The minimum absolute atomic E-state index is 0.296. The van der Waals surface area contributed by atoms with Gasteiger partial charge in [0, 0.05) is 116 Å². The van der Waals surface area contributed by atoms with Crippen LogP contribution in [-0.2, 0) is 0 Å². The largest absolute Gasteiger partial charge is 0.478 e. The van der Waals surface area contributed by atoms with E-state index in [2.05, 4.69) is 44.2 Å². The van der Waals surface area contributed by atoms with Gasteiger partial charge in [-0.1, -0.05) is 17.7 Å². The van der Waals surface area contributed by atoms with Crippen LogP contribution < -0.4 is 9.47 Å². The molecule has 2 aliphatic heterocycles. The van der Waals surface area contributed by atoms with Crippen LogP contribution in [-0.4, -0.2) is 150 Å². The molecule has 0 spiro atoms. The predicted octanol–water partition coefficient (Wildman–Crippen LogP) is 4.41. The van der Waals surface area contributed by atoms with Crippen molar-refractivity contribution in [1.82, 2.24) is 34.6 Å². The predicted molar refractivity (Wildman–Crippen MR) is 204 cm³/mol. The molecule has 5 heterocycles. The maximum Gasteiger partial charge on any atom is 0.213 e. The molecule has 0 aliphatic carbocycles. The molecular formula is C38H51ClN10O4. The third-order valence-electron chi connectivity index (χ3n) is 8.49. The Labute approximate surface area is 318 Å². The van der Waals surface area contributed by atoms with Crippen molar-refractivity contribution in [3.8, 4) is 17.8 Å². The van der Waals surface area contributed by atoms with Crippen LogP contribution >= 0.6 is 11.6 Å². The molecule has 0 bridgehead atoms. The highest BCUT2D eigenvalue weighted by atomic mass is 35.5. The van der Waals surface area contributed by atoms with Gasteiger partial charge in [0.1, 0.15) is 11.2 Å². The number of halogens is 1. The van der Waals surface area contributed by atoms with Crippen LogP contribution in [0.3, 0.4) is 0 Å². The Kier molecular flexibility index (Phi) is 21.4. The summed E-state index contributed by atoms with van der Waals surface area (Å²) in [6.45, 7) is 28.1. The number of aliphatic hydroxyl groups excluding tert-OH is 2. The number of nitriles is 1. The van der Waals surface area contributed by atoms with Gasteiger partial charge < -0.3 is 39.3 Å². The van der Waals surface area contributed by atoms with E-state index in [1.165, 1.54) is 18.6 Å². The van der Waals surface area contributed by atoms with Gasteiger partial charge in [-0.3, -0.25) is 4.98 Å². The van der Waals surface area contributed by atoms with Crippen LogP contribution in [0, 0.1) is 24.5 Å². The van der Waals surface area contributed by atoms with Gasteiger partial charge >= 0.3 is 0 Å². The quantitative estimate of drug-likeness (QED) is 0.122. The van der Waals surface area contributed by atoms with Crippen molar-refractivity contribution < 1.29 is 19.7 Å². The smallest absolute Gasteiger partial charge is 0.213 e. The van der Waals surface area contributed by atoms with E-state index in [9.17, 15) is 0 Å². The summed E-state index contributed by atoms with van der Waals surface area (Å²) in [7, 11) is 0. The van der Waals surface area contributed by atoms with Crippen LogP contribution in [0.5, 0.6) is 11.8 Å². The molecule has 14 nitrogen and oxygen atoms in total. The Bertz CT molecular complexity index is 1440. The minimum atomic E-state index is 0.296. The fourth-order valence-electron chi connectivity index (χ4n) is 5.48. The van der Waals surface area contributed by atoms with Gasteiger partial charge in [0.2, 0.25) is 23.1 Å². The topological polar surface area (TPSA) is 143 Å². The van der Waals surface area contributed by atoms with E-state index in [0.717, 1.165) is 104 Å². The average molecular weight is 747 g/mol. The van der Waals surface area contributed by atoms with E-state index < -0.39 is 0 Å². The van der Waals surface area contributed by atoms with Crippen molar-refractivity contribution in [2.75, 3.05) is 105 Å². The fourth-order valence-corrected chi connectivity index (χ4v) is 5.59. The molecule has 53 heavy (non-hydrogen) atoms. The molecule has 2 N–H and O–H groups in total. The standard InChI is InChI=1S/C22H26N6O2.C10H22N2O2.C6H3ClN2/c1-24-20-5-7-22(26-18-20)30-15-3-9-28-12-10-27(11-13-28)8-2-14-29-21-6-4-19(16-23)17-25-21;13-9-1-3-11-5-7-12(8-6-11)4-2-10-14;1-8-5-2-3-6(7)9-4-5/h4-7,17-18H,2-3,8-15H2;13-14H,1-10H2;2-4H. The first kappa shape index (κ1) is 43.0. The van der Waals surface area contributed by atoms with Crippen LogP contribution in [0.25, 0.3) is 9.69 Å². The van der Waals surface area contributed by atoms with E-state index in [-0.39, 0.29) is 0 Å². The molecular weight excluding hydrogens is 696 g/mol. The average Bonchev–Trinajstić information content (AvgIpc) is 3.21. The lowest BCUT2D eigenvalue weighted by molar-refractivity contribution is 0.118. The van der Waals surface area contributed by atoms with Crippen molar-refractivity contribution in [1.29, 1.82) is 5.26 Å². The zero-order valence-electron chi connectivity index (χ0n) is 30.4. The summed E-state index contributed by atoms with van der Waals surface area (Å²) in [5.74, 6) is 1.14. The van der Waals surface area contributed by atoms with E-state index in [4.69, 9.17) is 49.7 Å². The monoisotopic (exact) mass is 746 g/mol. The van der Waals surface area contributed by atoms with Crippen LogP contribution in [0.1, 0.15) is 31.2 Å². The molecule has 0 radical (unpaired) electrons. The maximum absolute atomic E-state index is 8.77. The number of pyridine rings is 3. The molecule has 284 valence electrons. The number of aromatic nitrogens is 3. The van der Waals surface area contributed by atoms with Crippen LogP contribution in [0.4, 0.5) is 11.4 Å². The second-order valence-corrected chi connectivity index (χ2v) is 12.7. The number of hydrogen-bond donors (Lipinski definition) is 2. The Morgan fingerprint density at radius 3 is 1.38 bits per heavy atom. The van der Waals surface area contributed by atoms with E-state index in [1.807, 2.05) is 6.07 Å². The molecule has 2 fully saturated rings. The van der Waals surface area contributed by atoms with E-state index in [0.29, 0.717) is 60.3 Å². The van der Waals surface area contributed by atoms with Crippen molar-refractivity contribution in [3.63, 3.8) is 0 Å². The zero-order valence-corrected chi connectivity index (χ0v) is 31.2. The molecule has 0 unspecified atom stereocenters. The Balaban J connectivity index is 0.000000269. The number of hydrogen-bond acceptors (Lipinski definition) is 12. The number of aliphatic hydroxyl groups is 2. The first-order valence-electron chi connectivity index (χ1n) is 18.0. The van der Waals surface area contributed by atoms with Gasteiger partial charge in [-0.15, -0.1) is 0 Å². The molecule has 2 saturated heterocycles. The first-order chi connectivity index (χ1) is 26.0. The van der Waals surface area contributed by atoms with Gasteiger partial charge in [-0.05, 0) is 49.9 Å². The SMILES string of the molecule is OCCCN1CCN(CCCO)CC1.[C-]#[N+]c1ccc(Cl)nc1.[C-]#[N+]c1ccc(OCCCN2CCN(CCCOc3ccc(C#N)cn3)CC2)nc1. The Morgan fingerprint density at radius 2 is 1.04 bits per heavy atom. The number of ether oxygens (including phenoxy) is 2. The second-order valence-electron chi connectivity index (χ2n) is 12.3. The fraction of sp³-hybridized carbons (Fsp3) is 0.526. The molecule has 0 atom stereocenters. The maximum atomic E-state index is 8.77. The van der Waals surface area contributed by atoms with Crippen molar-refractivity contribution >= 4 is 23.0 Å². The van der Waals surface area contributed by atoms with Crippen LogP contribution in [0.2, 0.25) is 5.15 Å².